The van der Waals surface area contributed by atoms with Crippen molar-refractivity contribution in [1.29, 1.82) is 0 Å². The van der Waals surface area contributed by atoms with Gasteiger partial charge in [-0.2, -0.15) is 0 Å². The predicted molar refractivity (Wildman–Crippen MR) is 98.6 cm³/mol. The van der Waals surface area contributed by atoms with Crippen molar-refractivity contribution < 1.29 is 8.42 Å². The topological polar surface area (TPSA) is 49.4 Å². The first kappa shape index (κ1) is 16.6. The summed E-state index contributed by atoms with van der Waals surface area (Å²) in [6, 6.07) is 14.4. The Balaban J connectivity index is 1.73. The van der Waals surface area contributed by atoms with Gasteiger partial charge in [-0.3, -0.25) is 10.4 Å². The number of nitrogens with one attached hydrogen (secondary N) is 1. The molecule has 0 radical (unpaired) electrons. The molecule has 0 aromatic heterocycles. The maximum atomic E-state index is 12.0. The van der Waals surface area contributed by atoms with Crippen molar-refractivity contribution in [2.75, 3.05) is 17.3 Å². The van der Waals surface area contributed by atoms with Gasteiger partial charge in [0.1, 0.15) is 0 Å². The second-order valence-electron chi connectivity index (χ2n) is 5.41. The number of rotatable bonds is 5. The van der Waals surface area contributed by atoms with Gasteiger partial charge in [-0.25, -0.2) is 8.42 Å². The van der Waals surface area contributed by atoms with Crippen LogP contribution in [0.4, 0.5) is 5.69 Å². The van der Waals surface area contributed by atoms with Gasteiger partial charge < -0.3 is 0 Å². The number of benzene rings is 2. The molecule has 0 unspecified atom stereocenters. The van der Waals surface area contributed by atoms with Crippen LogP contribution < -0.4 is 10.4 Å². The van der Waals surface area contributed by atoms with Crippen molar-refractivity contribution in [2.45, 2.75) is 4.90 Å². The van der Waals surface area contributed by atoms with E-state index >= 15 is 0 Å². The third-order valence-corrected chi connectivity index (χ3v) is 5.65. The molecular weight excluding hydrogens is 344 g/mol. The van der Waals surface area contributed by atoms with Crippen LogP contribution in [0.3, 0.4) is 0 Å². The van der Waals surface area contributed by atoms with Crippen LogP contribution in [0.15, 0.2) is 72.2 Å². The highest BCUT2D eigenvalue weighted by Crippen LogP contribution is 2.24. The largest absolute Gasteiger partial charge is 0.298 e. The minimum Gasteiger partial charge on any atom is -0.298 e. The molecule has 2 aromatic carbocycles. The lowest BCUT2D eigenvalue weighted by atomic mass is 10.1. The Hall–Kier alpha value is -2.24. The number of halogens is 1. The van der Waals surface area contributed by atoms with E-state index in [-0.39, 0.29) is 5.75 Å². The predicted octanol–water partition coefficient (Wildman–Crippen LogP) is 3.67. The van der Waals surface area contributed by atoms with E-state index in [1.54, 1.807) is 24.3 Å². The van der Waals surface area contributed by atoms with Crippen molar-refractivity contribution in [3.05, 3.63) is 77.8 Å². The van der Waals surface area contributed by atoms with Crippen LogP contribution in [-0.2, 0) is 9.84 Å². The molecule has 6 heteroatoms. The monoisotopic (exact) mass is 360 g/mol. The number of sulfone groups is 1. The lowest BCUT2D eigenvalue weighted by Gasteiger charge is -2.21. The van der Waals surface area contributed by atoms with Gasteiger partial charge in [0, 0.05) is 5.02 Å². The van der Waals surface area contributed by atoms with E-state index in [1.165, 1.54) is 6.08 Å². The molecule has 2 aromatic rings. The lowest BCUT2D eigenvalue weighted by Crippen LogP contribution is -2.31. The quantitative estimate of drug-likeness (QED) is 0.826. The molecule has 3 rings (SSSR count). The fraction of sp³-hybridized carbons (Fsp3) is 0.111. The average Bonchev–Trinajstić information content (AvgIpc) is 3.05. The highest BCUT2D eigenvalue weighted by Gasteiger charge is 2.17. The van der Waals surface area contributed by atoms with Gasteiger partial charge in [0.15, 0.2) is 9.84 Å². The van der Waals surface area contributed by atoms with E-state index in [0.29, 0.717) is 16.5 Å². The summed E-state index contributed by atoms with van der Waals surface area (Å²) in [5.74, 6) is -0.0589. The van der Waals surface area contributed by atoms with Gasteiger partial charge in [-0.15, -0.1) is 6.58 Å². The molecule has 0 spiro atoms. The maximum Gasteiger partial charge on any atom is 0.181 e. The fourth-order valence-electron chi connectivity index (χ4n) is 2.49. The third-order valence-electron chi connectivity index (χ3n) is 3.73. The smallest absolute Gasteiger partial charge is 0.181 e. The Labute approximate surface area is 147 Å². The molecule has 0 aliphatic carbocycles. The Morgan fingerprint density at radius 3 is 2.42 bits per heavy atom. The molecular formula is C18H17ClN2O2S. The summed E-state index contributed by atoms with van der Waals surface area (Å²) in [5, 5.41) is 2.65. The van der Waals surface area contributed by atoms with Crippen LogP contribution in [0, 0.1) is 0 Å². The Kier molecular flexibility index (Phi) is 4.64. The summed E-state index contributed by atoms with van der Waals surface area (Å²) in [5.41, 5.74) is 6.25. The first-order valence-corrected chi connectivity index (χ1v) is 9.46. The molecule has 1 N–H and O–H groups in total. The van der Waals surface area contributed by atoms with E-state index in [2.05, 4.69) is 18.1 Å². The molecule has 4 nitrogen and oxygen atoms in total. The number of nitrogens with zero attached hydrogens (tertiary/aromatic N) is 1. The molecule has 1 heterocycles. The number of hydrazine groups is 1. The van der Waals surface area contributed by atoms with Crippen molar-refractivity contribution in [3.8, 4) is 0 Å². The molecule has 0 atom stereocenters. The lowest BCUT2D eigenvalue weighted by molar-refractivity contribution is 0.599. The molecule has 0 fully saturated rings. The number of anilines is 1. The number of hydrogen-bond acceptors (Lipinski definition) is 4. The first-order chi connectivity index (χ1) is 11.5. The third kappa shape index (κ3) is 3.47. The highest BCUT2D eigenvalue weighted by atomic mass is 35.5. The standard InChI is InChI=1S/C18H17ClN2O2S/c1-2-13-24(22,23)17-9-7-16(8-10-17)21-12-11-18(20-21)14-3-5-15(19)6-4-14/h2-11,20H,1,12-13H2. The van der Waals surface area contributed by atoms with Crippen molar-refractivity contribution in [2.24, 2.45) is 0 Å². The van der Waals surface area contributed by atoms with E-state index in [0.717, 1.165) is 16.9 Å². The van der Waals surface area contributed by atoms with E-state index < -0.39 is 9.84 Å². The van der Waals surface area contributed by atoms with Gasteiger partial charge in [0.2, 0.25) is 0 Å². The molecule has 1 aliphatic heterocycles. The summed E-state index contributed by atoms with van der Waals surface area (Å²) in [6.45, 7) is 4.17. The van der Waals surface area contributed by atoms with Crippen LogP contribution >= 0.6 is 11.6 Å². The minimum absolute atomic E-state index is 0.0589. The van der Waals surface area contributed by atoms with Crippen LogP contribution in [0.5, 0.6) is 0 Å². The summed E-state index contributed by atoms with van der Waals surface area (Å²) in [7, 11) is -3.29. The minimum atomic E-state index is -3.29. The SMILES string of the molecule is C=CCS(=O)(=O)c1ccc(N2CC=C(c3ccc(Cl)cc3)N2)cc1. The second kappa shape index (κ2) is 6.71. The second-order valence-corrected chi connectivity index (χ2v) is 7.88. The molecule has 124 valence electrons. The van der Waals surface area contributed by atoms with Crippen LogP contribution in [0.25, 0.3) is 5.70 Å². The summed E-state index contributed by atoms with van der Waals surface area (Å²) in [4.78, 5) is 0.302. The molecule has 0 saturated carbocycles. The maximum absolute atomic E-state index is 12.0. The molecule has 24 heavy (non-hydrogen) atoms. The zero-order valence-corrected chi connectivity index (χ0v) is 14.5. The van der Waals surface area contributed by atoms with Gasteiger partial charge >= 0.3 is 0 Å². The van der Waals surface area contributed by atoms with Crippen molar-refractivity contribution in [3.63, 3.8) is 0 Å². The van der Waals surface area contributed by atoms with E-state index in [1.807, 2.05) is 29.3 Å². The van der Waals surface area contributed by atoms with Gasteiger partial charge in [-0.1, -0.05) is 29.8 Å². The van der Waals surface area contributed by atoms with Gasteiger partial charge in [0.25, 0.3) is 0 Å². The van der Waals surface area contributed by atoms with Gasteiger partial charge in [0.05, 0.1) is 28.6 Å². The normalized spacial score (nSPS) is 14.2. The van der Waals surface area contributed by atoms with E-state index in [4.69, 9.17) is 11.6 Å². The highest BCUT2D eigenvalue weighted by molar-refractivity contribution is 7.91. The Bertz CT molecular complexity index is 872. The Morgan fingerprint density at radius 2 is 1.79 bits per heavy atom. The molecule has 0 bridgehead atoms. The first-order valence-electron chi connectivity index (χ1n) is 7.43. The zero-order valence-electron chi connectivity index (χ0n) is 12.9. The average molecular weight is 361 g/mol. The molecule has 0 saturated heterocycles. The van der Waals surface area contributed by atoms with Crippen LogP contribution in [0.1, 0.15) is 5.56 Å². The van der Waals surface area contributed by atoms with Gasteiger partial charge in [-0.05, 0) is 48.0 Å². The number of hydrogen-bond donors (Lipinski definition) is 1. The summed E-state index contributed by atoms with van der Waals surface area (Å²) < 4.78 is 24.0. The summed E-state index contributed by atoms with van der Waals surface area (Å²) >= 11 is 5.91. The van der Waals surface area contributed by atoms with Crippen molar-refractivity contribution >= 4 is 32.8 Å². The zero-order chi connectivity index (χ0) is 17.2. The van der Waals surface area contributed by atoms with Crippen LogP contribution in [-0.4, -0.2) is 20.7 Å². The fourth-order valence-corrected chi connectivity index (χ4v) is 3.67. The van der Waals surface area contributed by atoms with Crippen molar-refractivity contribution in [1.82, 2.24) is 5.43 Å². The van der Waals surface area contributed by atoms with E-state index in [9.17, 15) is 8.42 Å². The molecule has 0 amide bonds. The Morgan fingerprint density at radius 1 is 1.12 bits per heavy atom. The summed E-state index contributed by atoms with van der Waals surface area (Å²) in [6.07, 6.45) is 3.47. The molecule has 1 aliphatic rings. The van der Waals surface area contributed by atoms with Crippen LogP contribution in [0.2, 0.25) is 5.02 Å².